The van der Waals surface area contributed by atoms with Crippen LogP contribution in [0, 0.1) is 12.8 Å². The first-order chi connectivity index (χ1) is 15.6. The molecule has 1 aliphatic rings. The molecule has 3 aromatic heterocycles. The lowest BCUT2D eigenvalue weighted by Crippen LogP contribution is -2.34. The smallest absolute Gasteiger partial charge is 0.223 e. The van der Waals surface area contributed by atoms with Crippen molar-refractivity contribution < 1.29 is 4.79 Å². The highest BCUT2D eigenvalue weighted by Crippen LogP contribution is 2.28. The maximum Gasteiger partial charge on any atom is 0.223 e. The number of likely N-dealkylation sites (tertiary alicyclic amines) is 1. The fraction of sp³-hybridized carbons (Fsp3) is 0.346. The Bertz CT molecular complexity index is 1210. The molecule has 2 atom stereocenters. The zero-order valence-electron chi connectivity index (χ0n) is 18.7. The van der Waals surface area contributed by atoms with Crippen LogP contribution in [0.3, 0.4) is 0 Å². The molecule has 1 saturated heterocycles. The first kappa shape index (κ1) is 20.5. The van der Waals surface area contributed by atoms with E-state index in [2.05, 4.69) is 76.1 Å². The van der Waals surface area contributed by atoms with E-state index in [1.165, 1.54) is 11.1 Å². The van der Waals surface area contributed by atoms with Crippen molar-refractivity contribution in [3.63, 3.8) is 0 Å². The van der Waals surface area contributed by atoms with Gasteiger partial charge >= 0.3 is 0 Å². The molecule has 4 aromatic rings. The second-order valence-corrected chi connectivity index (χ2v) is 9.04. The molecule has 1 amide bonds. The number of carbonyl (C=O) groups excluding carboxylic acids is 1. The Morgan fingerprint density at radius 2 is 2.00 bits per heavy atom. The molecule has 5 rings (SSSR count). The summed E-state index contributed by atoms with van der Waals surface area (Å²) in [5.74, 6) is 0.724. The molecule has 6 nitrogen and oxygen atoms in total. The molecule has 1 unspecified atom stereocenters. The van der Waals surface area contributed by atoms with Crippen LogP contribution >= 0.6 is 0 Å². The second kappa shape index (κ2) is 8.61. The van der Waals surface area contributed by atoms with Gasteiger partial charge in [0.05, 0.1) is 22.9 Å². The topological polar surface area (TPSA) is 66.8 Å². The molecular weight excluding hydrogens is 398 g/mol. The van der Waals surface area contributed by atoms with Gasteiger partial charge in [-0.15, -0.1) is 0 Å². The number of aromatic amines is 1. The first-order valence-corrected chi connectivity index (χ1v) is 11.4. The lowest BCUT2D eigenvalue weighted by Gasteiger charge is -2.21. The number of fused-ring (bicyclic) bond motifs is 1. The van der Waals surface area contributed by atoms with Gasteiger partial charge < -0.3 is 9.47 Å². The van der Waals surface area contributed by atoms with Crippen LogP contribution in [0.1, 0.15) is 30.9 Å². The predicted octanol–water partition coefficient (Wildman–Crippen LogP) is 4.60. The minimum Gasteiger partial charge on any atom is -0.346 e. The zero-order chi connectivity index (χ0) is 22.1. The molecule has 6 heteroatoms. The highest BCUT2D eigenvalue weighted by Gasteiger charge is 2.32. The van der Waals surface area contributed by atoms with Gasteiger partial charge in [0.25, 0.3) is 0 Å². The van der Waals surface area contributed by atoms with Crippen LogP contribution in [0.15, 0.2) is 61.1 Å². The molecule has 0 saturated carbocycles. The quantitative estimate of drug-likeness (QED) is 0.489. The molecular formula is C26H29N5O. The Morgan fingerprint density at radius 1 is 1.16 bits per heavy atom. The van der Waals surface area contributed by atoms with Gasteiger partial charge in [-0.25, -0.2) is 4.98 Å². The summed E-state index contributed by atoms with van der Waals surface area (Å²) in [6, 6.07) is 15.0. The Hall–Kier alpha value is -3.41. The minimum absolute atomic E-state index is 0.268. The summed E-state index contributed by atoms with van der Waals surface area (Å²) in [4.78, 5) is 19.8. The number of pyridine rings is 1. The normalized spacial score (nSPS) is 18.5. The van der Waals surface area contributed by atoms with E-state index in [-0.39, 0.29) is 11.9 Å². The third-order valence-electron chi connectivity index (χ3n) is 6.60. The highest BCUT2D eigenvalue weighted by atomic mass is 16.2. The molecule has 0 bridgehead atoms. The average molecular weight is 428 g/mol. The largest absolute Gasteiger partial charge is 0.346 e. The number of aromatic nitrogens is 4. The third-order valence-corrected chi connectivity index (χ3v) is 6.60. The van der Waals surface area contributed by atoms with Crippen molar-refractivity contribution in [1.29, 1.82) is 0 Å². The number of hydrogen-bond acceptors (Lipinski definition) is 3. The van der Waals surface area contributed by atoms with Gasteiger partial charge in [0.2, 0.25) is 5.91 Å². The van der Waals surface area contributed by atoms with Crippen LogP contribution in [0.5, 0.6) is 0 Å². The lowest BCUT2D eigenvalue weighted by atomic mass is 10.1. The van der Waals surface area contributed by atoms with Gasteiger partial charge in [-0.1, -0.05) is 29.8 Å². The molecule has 0 spiro atoms. The Kier molecular flexibility index (Phi) is 5.52. The summed E-state index contributed by atoms with van der Waals surface area (Å²) in [6.45, 7) is 6.00. The van der Waals surface area contributed by atoms with Crippen molar-refractivity contribution >= 4 is 16.9 Å². The van der Waals surface area contributed by atoms with Crippen LogP contribution < -0.4 is 0 Å². The monoisotopic (exact) mass is 427 g/mol. The summed E-state index contributed by atoms with van der Waals surface area (Å²) in [7, 11) is 0. The van der Waals surface area contributed by atoms with Gasteiger partial charge in [0.1, 0.15) is 0 Å². The number of carbonyl (C=O) groups is 1. The Morgan fingerprint density at radius 3 is 2.78 bits per heavy atom. The standard InChI is InChI=1S/C26H29N5O/c1-18-3-5-20(6-4-18)7-10-26(32)31-17-21(13-19(31)2)16-30-12-11-24-25(30)9-8-23(29-24)22-14-27-28-15-22/h3-6,8-9,11-12,14-15,19,21H,7,10,13,16-17H2,1-2H3,(H,27,28)/t19-,21?/m0/s1. The van der Waals surface area contributed by atoms with Crippen LogP contribution in [0.2, 0.25) is 0 Å². The van der Waals surface area contributed by atoms with Crippen molar-refractivity contribution in [1.82, 2.24) is 24.6 Å². The lowest BCUT2D eigenvalue weighted by molar-refractivity contribution is -0.131. The van der Waals surface area contributed by atoms with Crippen molar-refractivity contribution in [3.8, 4) is 11.3 Å². The van der Waals surface area contributed by atoms with E-state index in [1.54, 1.807) is 6.20 Å². The molecule has 0 radical (unpaired) electrons. The van der Waals surface area contributed by atoms with E-state index in [9.17, 15) is 4.79 Å². The average Bonchev–Trinajstić information content (AvgIpc) is 3.54. The molecule has 1 N–H and O–H groups in total. The van der Waals surface area contributed by atoms with Gasteiger partial charge in [0, 0.05) is 43.5 Å². The molecule has 1 fully saturated rings. The summed E-state index contributed by atoms with van der Waals surface area (Å²) in [6.07, 6.45) is 8.18. The number of aryl methyl sites for hydroxylation is 2. The van der Waals surface area contributed by atoms with E-state index in [1.807, 2.05) is 12.3 Å². The van der Waals surface area contributed by atoms with Gasteiger partial charge in [-0.3, -0.25) is 9.89 Å². The maximum atomic E-state index is 12.9. The fourth-order valence-corrected chi connectivity index (χ4v) is 4.83. The van der Waals surface area contributed by atoms with Gasteiger partial charge in [-0.05, 0) is 56.4 Å². The molecule has 4 heterocycles. The summed E-state index contributed by atoms with van der Waals surface area (Å²) >= 11 is 0. The zero-order valence-corrected chi connectivity index (χ0v) is 18.7. The maximum absolute atomic E-state index is 12.9. The van der Waals surface area contributed by atoms with Crippen LogP contribution in [-0.4, -0.2) is 43.1 Å². The van der Waals surface area contributed by atoms with Gasteiger partial charge in [0.15, 0.2) is 0 Å². The minimum atomic E-state index is 0.268. The van der Waals surface area contributed by atoms with Crippen LogP contribution in [0.4, 0.5) is 0 Å². The molecule has 164 valence electrons. The number of rotatable bonds is 6. The summed E-state index contributed by atoms with van der Waals surface area (Å²) in [5.41, 5.74) is 6.51. The van der Waals surface area contributed by atoms with E-state index in [4.69, 9.17) is 4.98 Å². The Balaban J connectivity index is 1.22. The van der Waals surface area contributed by atoms with Crippen molar-refractivity contribution in [2.24, 2.45) is 5.92 Å². The number of nitrogens with one attached hydrogen (secondary N) is 1. The molecule has 1 aromatic carbocycles. The first-order valence-electron chi connectivity index (χ1n) is 11.4. The van der Waals surface area contributed by atoms with E-state index in [0.717, 1.165) is 48.2 Å². The molecule has 1 aliphatic heterocycles. The van der Waals surface area contributed by atoms with Crippen molar-refractivity contribution in [2.75, 3.05) is 6.54 Å². The van der Waals surface area contributed by atoms with E-state index in [0.29, 0.717) is 12.3 Å². The van der Waals surface area contributed by atoms with Crippen molar-refractivity contribution in [2.45, 2.75) is 45.7 Å². The number of H-pyrrole nitrogens is 1. The second-order valence-electron chi connectivity index (χ2n) is 9.04. The van der Waals surface area contributed by atoms with Crippen molar-refractivity contribution in [3.05, 3.63) is 72.2 Å². The summed E-state index contributed by atoms with van der Waals surface area (Å²) < 4.78 is 2.28. The number of nitrogens with zero attached hydrogens (tertiary/aromatic N) is 4. The summed E-state index contributed by atoms with van der Waals surface area (Å²) in [5, 5.41) is 6.85. The molecule has 32 heavy (non-hydrogen) atoms. The third kappa shape index (κ3) is 4.17. The predicted molar refractivity (Wildman–Crippen MR) is 126 cm³/mol. The fourth-order valence-electron chi connectivity index (χ4n) is 4.83. The van der Waals surface area contributed by atoms with Gasteiger partial charge in [-0.2, -0.15) is 5.10 Å². The van der Waals surface area contributed by atoms with Crippen LogP contribution in [-0.2, 0) is 17.8 Å². The number of benzene rings is 1. The SMILES string of the molecule is Cc1ccc(CCC(=O)N2CC(Cn3ccc4nc(-c5cn[nH]c5)ccc43)C[C@@H]2C)cc1. The Labute approximate surface area is 188 Å². The van der Waals surface area contributed by atoms with E-state index < -0.39 is 0 Å². The highest BCUT2D eigenvalue weighted by molar-refractivity contribution is 5.79. The van der Waals surface area contributed by atoms with E-state index >= 15 is 0 Å². The number of hydrogen-bond donors (Lipinski definition) is 1. The molecule has 0 aliphatic carbocycles. The van der Waals surface area contributed by atoms with Crippen LogP contribution in [0.25, 0.3) is 22.3 Å². The number of amides is 1.